The molecule has 0 fully saturated rings. The van der Waals surface area contributed by atoms with Crippen LogP contribution in [0, 0.1) is 0 Å². The molecule has 5 nitrogen and oxygen atoms in total. The lowest BCUT2D eigenvalue weighted by atomic mass is 10.0. The van der Waals surface area contributed by atoms with Crippen LogP contribution in [0.1, 0.15) is 103 Å². The van der Waals surface area contributed by atoms with Crippen molar-refractivity contribution in [3.63, 3.8) is 0 Å². The molecule has 0 saturated carbocycles. The van der Waals surface area contributed by atoms with Crippen LogP contribution in [-0.4, -0.2) is 25.0 Å². The predicted molar refractivity (Wildman–Crippen MR) is 103 cm³/mol. The van der Waals surface area contributed by atoms with Crippen LogP contribution in [0.3, 0.4) is 0 Å². The van der Waals surface area contributed by atoms with Crippen LogP contribution >= 0.6 is 0 Å². The summed E-state index contributed by atoms with van der Waals surface area (Å²) < 4.78 is 4.94. The Morgan fingerprint density at radius 1 is 0.600 bits per heavy atom. The van der Waals surface area contributed by atoms with E-state index in [9.17, 15) is 9.59 Å². The van der Waals surface area contributed by atoms with Gasteiger partial charge >= 0.3 is 5.97 Å². The maximum Gasteiger partial charge on any atom is 0.319 e. The molecule has 1 amide bonds. The molecule has 148 valence electrons. The highest BCUT2D eigenvalue weighted by Gasteiger charge is 1.98. The molecular formula is C20H40N2O3. The Kier molecular flexibility index (Phi) is 18.4. The molecule has 4 N–H and O–H groups in total. The Bertz CT molecular complexity index is 322. The first-order valence-corrected chi connectivity index (χ1v) is 10.3. The average molecular weight is 357 g/mol. The third-order valence-electron chi connectivity index (χ3n) is 4.50. The summed E-state index contributed by atoms with van der Waals surface area (Å²) in [6.45, 7) is 0.498. The zero-order valence-electron chi connectivity index (χ0n) is 16.1. The van der Waals surface area contributed by atoms with Gasteiger partial charge in [-0.05, 0) is 12.8 Å². The molecule has 0 heterocycles. The number of nitrogens with two attached hydrogens (primary N) is 2. The van der Waals surface area contributed by atoms with Gasteiger partial charge in [-0.1, -0.05) is 83.5 Å². The second-order valence-corrected chi connectivity index (χ2v) is 6.94. The number of ether oxygens (including phenoxy) is 1. The van der Waals surface area contributed by atoms with Crippen molar-refractivity contribution >= 4 is 11.9 Å². The number of esters is 1. The van der Waals surface area contributed by atoms with Gasteiger partial charge in [0, 0.05) is 6.42 Å². The van der Waals surface area contributed by atoms with E-state index in [0.29, 0.717) is 13.0 Å². The van der Waals surface area contributed by atoms with Gasteiger partial charge in [0.1, 0.15) is 0 Å². The summed E-state index contributed by atoms with van der Waals surface area (Å²) >= 11 is 0. The summed E-state index contributed by atoms with van der Waals surface area (Å²) in [7, 11) is 0. The highest BCUT2D eigenvalue weighted by molar-refractivity contribution is 5.73. The van der Waals surface area contributed by atoms with Gasteiger partial charge in [-0.2, -0.15) is 0 Å². The van der Waals surface area contributed by atoms with E-state index >= 15 is 0 Å². The van der Waals surface area contributed by atoms with Gasteiger partial charge in [-0.15, -0.1) is 0 Å². The van der Waals surface area contributed by atoms with Crippen molar-refractivity contribution < 1.29 is 14.3 Å². The fraction of sp³-hybridized carbons (Fsp3) is 0.900. The summed E-state index contributed by atoms with van der Waals surface area (Å²) in [5, 5.41) is 0. The minimum atomic E-state index is -0.303. The number of rotatable bonds is 19. The maximum absolute atomic E-state index is 10.8. The maximum atomic E-state index is 10.8. The van der Waals surface area contributed by atoms with Crippen LogP contribution in [0.15, 0.2) is 0 Å². The molecule has 5 heteroatoms. The summed E-state index contributed by atoms with van der Waals surface area (Å²) in [5.41, 5.74) is 10.3. The predicted octanol–water partition coefficient (Wildman–Crippen LogP) is 4.22. The molecule has 0 saturated heterocycles. The summed E-state index contributed by atoms with van der Waals surface area (Å²) in [5.74, 6) is -0.476. The van der Waals surface area contributed by atoms with E-state index in [-0.39, 0.29) is 18.4 Å². The molecular weight excluding hydrogens is 316 g/mol. The van der Waals surface area contributed by atoms with Gasteiger partial charge in [-0.3, -0.25) is 9.59 Å². The van der Waals surface area contributed by atoms with E-state index in [2.05, 4.69) is 0 Å². The van der Waals surface area contributed by atoms with E-state index < -0.39 is 0 Å². The molecule has 0 bridgehead atoms. The number of hydrogen-bond acceptors (Lipinski definition) is 4. The first kappa shape index (κ1) is 23.9. The van der Waals surface area contributed by atoms with Crippen LogP contribution < -0.4 is 11.5 Å². The van der Waals surface area contributed by atoms with E-state index in [4.69, 9.17) is 16.2 Å². The van der Waals surface area contributed by atoms with E-state index in [1.165, 1.54) is 70.6 Å². The smallest absolute Gasteiger partial charge is 0.319 e. The van der Waals surface area contributed by atoms with Crippen molar-refractivity contribution in [1.82, 2.24) is 0 Å². The summed E-state index contributed by atoms with van der Waals surface area (Å²) in [6.07, 6.45) is 19.2. The van der Waals surface area contributed by atoms with Gasteiger partial charge in [0.15, 0.2) is 0 Å². The van der Waals surface area contributed by atoms with Gasteiger partial charge in [-0.25, -0.2) is 0 Å². The number of unbranched alkanes of at least 4 members (excludes halogenated alkanes) is 14. The van der Waals surface area contributed by atoms with Crippen molar-refractivity contribution in [2.45, 2.75) is 103 Å². The molecule has 0 aliphatic carbocycles. The fourth-order valence-electron chi connectivity index (χ4n) is 2.94. The van der Waals surface area contributed by atoms with Gasteiger partial charge in [0.05, 0.1) is 13.2 Å². The SMILES string of the molecule is NCC(=O)OCCCCCCCCCCCCCCCCCC(N)=O. The van der Waals surface area contributed by atoms with Crippen molar-refractivity contribution in [3.8, 4) is 0 Å². The van der Waals surface area contributed by atoms with Crippen molar-refractivity contribution in [2.75, 3.05) is 13.2 Å². The topological polar surface area (TPSA) is 95.4 Å². The molecule has 0 aromatic rings. The molecule has 0 spiro atoms. The Morgan fingerprint density at radius 3 is 1.32 bits per heavy atom. The standard InChI is InChI=1S/C20H40N2O3/c21-18-20(24)25-17-15-13-11-9-7-5-3-1-2-4-6-8-10-12-14-16-19(22)23/h1-18,21H2,(H2,22,23). The minimum Gasteiger partial charge on any atom is -0.465 e. The molecule has 0 aliphatic rings. The molecule has 0 aromatic heterocycles. The fourth-order valence-corrected chi connectivity index (χ4v) is 2.94. The normalized spacial score (nSPS) is 10.8. The van der Waals surface area contributed by atoms with Crippen LogP contribution in [0.25, 0.3) is 0 Å². The zero-order chi connectivity index (χ0) is 18.6. The number of primary amides is 1. The molecule has 0 radical (unpaired) electrons. The Balaban J connectivity index is 3.03. The van der Waals surface area contributed by atoms with Crippen LogP contribution in [0.2, 0.25) is 0 Å². The van der Waals surface area contributed by atoms with Crippen molar-refractivity contribution in [2.24, 2.45) is 11.5 Å². The quantitative estimate of drug-likeness (QED) is 0.267. The second-order valence-electron chi connectivity index (χ2n) is 6.94. The lowest BCUT2D eigenvalue weighted by Gasteiger charge is -2.04. The van der Waals surface area contributed by atoms with Crippen molar-refractivity contribution in [3.05, 3.63) is 0 Å². The molecule has 0 aliphatic heterocycles. The minimum absolute atomic E-state index is 0.0169. The first-order chi connectivity index (χ1) is 12.2. The second kappa shape index (κ2) is 19.2. The van der Waals surface area contributed by atoms with Crippen LogP contribution in [0.4, 0.5) is 0 Å². The number of amides is 1. The number of carbonyl (C=O) groups excluding carboxylic acids is 2. The number of hydrogen-bond donors (Lipinski definition) is 2. The lowest BCUT2D eigenvalue weighted by Crippen LogP contribution is -2.17. The molecule has 0 atom stereocenters. The van der Waals surface area contributed by atoms with E-state index in [1.807, 2.05) is 0 Å². The Labute approximate surface area is 154 Å². The Morgan fingerprint density at radius 2 is 0.960 bits per heavy atom. The van der Waals surface area contributed by atoms with Crippen LogP contribution in [0.5, 0.6) is 0 Å². The van der Waals surface area contributed by atoms with Gasteiger partial charge in [0.2, 0.25) is 5.91 Å². The molecule has 0 aromatic carbocycles. The third-order valence-corrected chi connectivity index (χ3v) is 4.50. The van der Waals surface area contributed by atoms with E-state index in [1.54, 1.807) is 0 Å². The highest BCUT2D eigenvalue weighted by Crippen LogP contribution is 2.13. The lowest BCUT2D eigenvalue weighted by molar-refractivity contribution is -0.142. The largest absolute Gasteiger partial charge is 0.465 e. The van der Waals surface area contributed by atoms with E-state index in [0.717, 1.165) is 25.7 Å². The molecule has 25 heavy (non-hydrogen) atoms. The first-order valence-electron chi connectivity index (χ1n) is 10.3. The average Bonchev–Trinajstić information content (AvgIpc) is 2.60. The van der Waals surface area contributed by atoms with Gasteiger partial charge in [0.25, 0.3) is 0 Å². The van der Waals surface area contributed by atoms with Crippen LogP contribution in [-0.2, 0) is 14.3 Å². The number of carbonyl (C=O) groups is 2. The van der Waals surface area contributed by atoms with Crippen molar-refractivity contribution in [1.29, 1.82) is 0 Å². The molecule has 0 rings (SSSR count). The summed E-state index contributed by atoms with van der Waals surface area (Å²) in [6, 6.07) is 0. The monoisotopic (exact) mass is 356 g/mol. The molecule has 0 unspecified atom stereocenters. The van der Waals surface area contributed by atoms with Gasteiger partial charge < -0.3 is 16.2 Å². The summed E-state index contributed by atoms with van der Waals surface area (Å²) in [4.78, 5) is 21.4. The third kappa shape index (κ3) is 20.9. The Hall–Kier alpha value is -1.10. The highest BCUT2D eigenvalue weighted by atomic mass is 16.5. The zero-order valence-corrected chi connectivity index (χ0v) is 16.1.